The van der Waals surface area contributed by atoms with E-state index < -0.39 is 49.9 Å². The Hall–Kier alpha value is -1.33. The minimum atomic E-state index is -1.53. The minimum absolute atomic E-state index is 0.0642. The molecule has 0 aromatic rings. The van der Waals surface area contributed by atoms with Crippen LogP contribution in [0.1, 0.15) is 13.3 Å². The lowest BCUT2D eigenvalue weighted by Gasteiger charge is -2.39. The average Bonchev–Trinajstić information content (AvgIpc) is 2.62. The van der Waals surface area contributed by atoms with Crippen LogP contribution in [0.4, 0.5) is 0 Å². The summed E-state index contributed by atoms with van der Waals surface area (Å²) in [7, 11) is 0. The van der Waals surface area contributed by atoms with E-state index in [1.165, 1.54) is 0 Å². The number of aliphatic hydroxyl groups is 5. The van der Waals surface area contributed by atoms with Crippen molar-refractivity contribution in [3.05, 3.63) is 22.8 Å². The Morgan fingerprint density at radius 1 is 1.24 bits per heavy atom. The van der Waals surface area contributed by atoms with E-state index in [0.29, 0.717) is 17.6 Å². The second-order valence-corrected chi connectivity index (χ2v) is 5.82. The number of carbonyl (C=O) groups is 1. The van der Waals surface area contributed by atoms with Gasteiger partial charge in [-0.15, -0.1) is 0 Å². The molecule has 0 radical (unpaired) electrons. The maximum absolute atomic E-state index is 11.7. The van der Waals surface area contributed by atoms with Gasteiger partial charge in [0.15, 0.2) is 6.29 Å². The summed E-state index contributed by atoms with van der Waals surface area (Å²) in [6, 6.07) is 0. The Balaban J connectivity index is 2.09. The summed E-state index contributed by atoms with van der Waals surface area (Å²) in [6.07, 6.45) is -4.70. The smallest absolute Gasteiger partial charge is 0.336 e. The van der Waals surface area contributed by atoms with Crippen LogP contribution in [0.15, 0.2) is 22.8 Å². The standard InChI is InChI=1S/C16H24O9/c1-2-8(9-3-4-23-15(22)10(9)5-17)7-24-16-14(21)13(20)12(19)11(6-18)25-16/h2,11-14,16-21H,3-7H2,1H3/b8-2-/t11-,12-,13+,14-,16-/m1/s1. The Morgan fingerprint density at radius 2 is 1.96 bits per heavy atom. The zero-order valence-corrected chi connectivity index (χ0v) is 13.9. The Labute approximate surface area is 144 Å². The van der Waals surface area contributed by atoms with Crippen LogP contribution in [0.3, 0.4) is 0 Å². The first-order valence-corrected chi connectivity index (χ1v) is 8.02. The van der Waals surface area contributed by atoms with Crippen LogP contribution in [0.2, 0.25) is 0 Å². The zero-order chi connectivity index (χ0) is 18.6. The summed E-state index contributed by atoms with van der Waals surface area (Å²) in [4.78, 5) is 11.7. The predicted octanol–water partition coefficient (Wildman–Crippen LogP) is -2.01. The van der Waals surface area contributed by atoms with Crippen LogP contribution in [-0.4, -0.2) is 88.6 Å². The number of carbonyl (C=O) groups excluding carboxylic acids is 1. The highest BCUT2D eigenvalue weighted by Gasteiger charge is 2.44. The SMILES string of the molecule is C/C=C(/CO[C@@H]1O[C@H](CO)[C@@H](O)[C@H](O)[C@H]1O)C1=C(CO)C(=O)OCC1. The first-order chi connectivity index (χ1) is 11.9. The topological polar surface area (TPSA) is 146 Å². The molecule has 0 aromatic heterocycles. The van der Waals surface area contributed by atoms with Gasteiger partial charge in [-0.1, -0.05) is 6.08 Å². The molecule has 0 spiro atoms. The third-order valence-electron chi connectivity index (χ3n) is 4.34. The highest BCUT2D eigenvalue weighted by Crippen LogP contribution is 2.27. The number of hydrogen-bond donors (Lipinski definition) is 5. The molecule has 25 heavy (non-hydrogen) atoms. The zero-order valence-electron chi connectivity index (χ0n) is 13.9. The van der Waals surface area contributed by atoms with Crippen LogP contribution < -0.4 is 0 Å². The molecular weight excluding hydrogens is 336 g/mol. The van der Waals surface area contributed by atoms with Crippen LogP contribution in [0, 0.1) is 0 Å². The van der Waals surface area contributed by atoms with Gasteiger partial charge in [-0.2, -0.15) is 0 Å². The molecule has 5 N–H and O–H groups in total. The molecule has 2 aliphatic heterocycles. The number of hydrogen-bond acceptors (Lipinski definition) is 9. The number of ether oxygens (including phenoxy) is 3. The number of allylic oxidation sites excluding steroid dienone is 1. The van der Waals surface area contributed by atoms with Crippen molar-refractivity contribution in [3.63, 3.8) is 0 Å². The number of aliphatic hydroxyl groups excluding tert-OH is 5. The van der Waals surface area contributed by atoms with Crippen molar-refractivity contribution in [1.82, 2.24) is 0 Å². The van der Waals surface area contributed by atoms with Crippen molar-refractivity contribution in [2.24, 2.45) is 0 Å². The molecular formula is C16H24O9. The average molecular weight is 360 g/mol. The van der Waals surface area contributed by atoms with Gasteiger partial charge >= 0.3 is 5.97 Å². The van der Waals surface area contributed by atoms with Gasteiger partial charge in [0, 0.05) is 6.42 Å². The molecule has 142 valence electrons. The molecule has 0 bridgehead atoms. The highest BCUT2D eigenvalue weighted by atomic mass is 16.7. The van der Waals surface area contributed by atoms with E-state index in [0.717, 1.165) is 0 Å². The van der Waals surface area contributed by atoms with E-state index in [9.17, 15) is 30.3 Å². The molecule has 5 atom stereocenters. The second-order valence-electron chi connectivity index (χ2n) is 5.82. The van der Waals surface area contributed by atoms with Gasteiger partial charge in [-0.05, 0) is 18.1 Å². The summed E-state index contributed by atoms with van der Waals surface area (Å²) < 4.78 is 15.7. The van der Waals surface area contributed by atoms with E-state index in [2.05, 4.69) is 0 Å². The molecule has 0 amide bonds. The molecule has 0 aromatic carbocycles. The first-order valence-electron chi connectivity index (χ1n) is 8.02. The molecule has 1 fully saturated rings. The fourth-order valence-electron chi connectivity index (χ4n) is 2.84. The molecule has 1 saturated heterocycles. The number of esters is 1. The van der Waals surface area contributed by atoms with Crippen LogP contribution >= 0.6 is 0 Å². The number of cyclic esters (lactones) is 1. The van der Waals surface area contributed by atoms with Gasteiger partial charge in [0.2, 0.25) is 0 Å². The molecule has 9 nitrogen and oxygen atoms in total. The minimum Gasteiger partial charge on any atom is -0.462 e. The van der Waals surface area contributed by atoms with Crippen LogP contribution in [-0.2, 0) is 19.0 Å². The summed E-state index contributed by atoms with van der Waals surface area (Å²) >= 11 is 0. The third kappa shape index (κ3) is 4.26. The lowest BCUT2D eigenvalue weighted by atomic mass is 9.95. The van der Waals surface area contributed by atoms with Crippen molar-refractivity contribution < 1.29 is 44.5 Å². The highest BCUT2D eigenvalue weighted by molar-refractivity contribution is 5.91. The molecule has 0 saturated carbocycles. The van der Waals surface area contributed by atoms with Crippen molar-refractivity contribution in [1.29, 1.82) is 0 Å². The monoisotopic (exact) mass is 360 g/mol. The fraction of sp³-hybridized carbons (Fsp3) is 0.688. The third-order valence-corrected chi connectivity index (χ3v) is 4.34. The van der Waals surface area contributed by atoms with Gasteiger partial charge in [0.05, 0.1) is 32.0 Å². The quantitative estimate of drug-likeness (QED) is 0.339. The molecule has 2 aliphatic rings. The Bertz CT molecular complexity index is 540. The number of rotatable bonds is 6. The maximum Gasteiger partial charge on any atom is 0.336 e. The molecule has 9 heteroatoms. The lowest BCUT2D eigenvalue weighted by molar-refractivity contribution is -0.298. The second kappa shape index (κ2) is 8.86. The first kappa shape index (κ1) is 20.0. The summed E-state index contributed by atoms with van der Waals surface area (Å²) in [5, 5.41) is 48.0. The summed E-state index contributed by atoms with van der Waals surface area (Å²) in [6.45, 7) is 0.840. The Kier molecular flexibility index (Phi) is 7.08. The van der Waals surface area contributed by atoms with E-state index in [1.54, 1.807) is 13.0 Å². The van der Waals surface area contributed by atoms with E-state index in [-0.39, 0.29) is 18.8 Å². The normalized spacial score (nSPS) is 34.2. The van der Waals surface area contributed by atoms with E-state index >= 15 is 0 Å². The van der Waals surface area contributed by atoms with Gasteiger partial charge in [0.1, 0.15) is 24.4 Å². The summed E-state index contributed by atoms with van der Waals surface area (Å²) in [5.41, 5.74) is 1.36. The Morgan fingerprint density at radius 3 is 2.56 bits per heavy atom. The lowest BCUT2D eigenvalue weighted by Crippen LogP contribution is -2.59. The van der Waals surface area contributed by atoms with Crippen molar-refractivity contribution in [2.45, 2.75) is 44.1 Å². The summed E-state index contributed by atoms with van der Waals surface area (Å²) in [5.74, 6) is -0.587. The van der Waals surface area contributed by atoms with E-state index in [4.69, 9.17) is 14.2 Å². The van der Waals surface area contributed by atoms with Gasteiger partial charge in [-0.3, -0.25) is 0 Å². The van der Waals surface area contributed by atoms with Gasteiger partial charge in [0.25, 0.3) is 0 Å². The van der Waals surface area contributed by atoms with Gasteiger partial charge in [-0.25, -0.2) is 4.79 Å². The van der Waals surface area contributed by atoms with Crippen LogP contribution in [0.25, 0.3) is 0 Å². The largest absolute Gasteiger partial charge is 0.462 e. The maximum atomic E-state index is 11.7. The van der Waals surface area contributed by atoms with Crippen molar-refractivity contribution >= 4 is 5.97 Å². The molecule has 2 rings (SSSR count). The fourth-order valence-corrected chi connectivity index (χ4v) is 2.84. The predicted molar refractivity (Wildman–Crippen MR) is 83.2 cm³/mol. The van der Waals surface area contributed by atoms with Crippen molar-refractivity contribution in [2.75, 3.05) is 26.4 Å². The van der Waals surface area contributed by atoms with E-state index in [1.807, 2.05) is 0 Å². The molecule has 2 heterocycles. The molecule has 0 unspecified atom stereocenters. The van der Waals surface area contributed by atoms with Gasteiger partial charge < -0.3 is 39.7 Å². The molecule has 0 aliphatic carbocycles. The van der Waals surface area contributed by atoms with Crippen LogP contribution in [0.5, 0.6) is 0 Å². The van der Waals surface area contributed by atoms with Crippen molar-refractivity contribution in [3.8, 4) is 0 Å².